The lowest BCUT2D eigenvalue weighted by Crippen LogP contribution is -2.47. The number of aromatic nitrogens is 4. The van der Waals surface area contributed by atoms with Crippen molar-refractivity contribution in [2.75, 3.05) is 25.0 Å². The largest absolute Gasteiger partial charge is 0.406 e. The van der Waals surface area contributed by atoms with E-state index in [1.165, 1.54) is 18.3 Å². The van der Waals surface area contributed by atoms with E-state index in [0.717, 1.165) is 11.1 Å². The zero-order chi connectivity index (χ0) is 31.9. The van der Waals surface area contributed by atoms with Crippen molar-refractivity contribution in [3.8, 4) is 11.5 Å². The van der Waals surface area contributed by atoms with Crippen molar-refractivity contribution < 1.29 is 35.7 Å². The molecule has 4 heterocycles. The maximum atomic E-state index is 14.9. The number of benzene rings is 1. The van der Waals surface area contributed by atoms with Gasteiger partial charge in [0.1, 0.15) is 12.7 Å². The number of piperidine rings is 1. The van der Waals surface area contributed by atoms with Gasteiger partial charge >= 0.3 is 6.18 Å². The summed E-state index contributed by atoms with van der Waals surface area (Å²) < 4.78 is 91.2. The van der Waals surface area contributed by atoms with Gasteiger partial charge in [0.2, 0.25) is 17.6 Å². The molecule has 4 aromatic rings. The molecular formula is C30H33F6N7O2. The van der Waals surface area contributed by atoms with Gasteiger partial charge in [-0.2, -0.15) is 18.2 Å². The maximum Gasteiger partial charge on any atom is 0.406 e. The molecule has 45 heavy (non-hydrogen) atoms. The Bertz CT molecular complexity index is 1660. The van der Waals surface area contributed by atoms with Crippen molar-refractivity contribution in [2.24, 2.45) is 0 Å². The number of likely N-dealkylation sites (tertiary alicyclic amines) is 1. The van der Waals surface area contributed by atoms with E-state index >= 15 is 0 Å². The first kappa shape index (κ1) is 31.0. The summed E-state index contributed by atoms with van der Waals surface area (Å²) in [6, 6.07) is 6.99. The number of fused-ring (bicyclic) bond motifs is 1. The van der Waals surface area contributed by atoms with E-state index in [4.69, 9.17) is 4.52 Å². The fourth-order valence-corrected chi connectivity index (χ4v) is 6.21. The predicted molar refractivity (Wildman–Crippen MR) is 154 cm³/mol. The van der Waals surface area contributed by atoms with Crippen LogP contribution in [0.25, 0.3) is 22.4 Å². The van der Waals surface area contributed by atoms with Crippen LogP contribution in [0.5, 0.6) is 0 Å². The number of carbonyl (C=O) groups excluding carboxylic acids is 1. The molecule has 15 heteroatoms. The Morgan fingerprint density at radius 3 is 2.73 bits per heavy atom. The van der Waals surface area contributed by atoms with Crippen LogP contribution in [0.4, 0.5) is 32.0 Å². The first-order chi connectivity index (χ1) is 21.4. The van der Waals surface area contributed by atoms with E-state index in [9.17, 15) is 31.1 Å². The van der Waals surface area contributed by atoms with E-state index in [-0.39, 0.29) is 54.4 Å². The SMILES string of the molecule is CCN1CC[C@@H](Nc2cccc3c2cc(-c2noc(CNC(=O)c4ccn(C5CCC(F)(F)C5)c4)n2)n3CC(F)(F)F)[C@@H](F)C1. The van der Waals surface area contributed by atoms with E-state index in [0.29, 0.717) is 30.5 Å². The van der Waals surface area contributed by atoms with Crippen LogP contribution in [0.1, 0.15) is 54.9 Å². The highest BCUT2D eigenvalue weighted by molar-refractivity contribution is 5.96. The topological polar surface area (TPSA) is 93.2 Å². The summed E-state index contributed by atoms with van der Waals surface area (Å²) in [5, 5.41) is 10.1. The molecule has 2 aliphatic rings. The Kier molecular flexibility index (Phi) is 8.31. The third kappa shape index (κ3) is 6.82. The molecule has 3 aromatic heterocycles. The van der Waals surface area contributed by atoms with E-state index in [1.54, 1.807) is 29.0 Å². The van der Waals surface area contributed by atoms with Crippen molar-refractivity contribution in [1.82, 2.24) is 29.5 Å². The highest BCUT2D eigenvalue weighted by atomic mass is 19.4. The third-order valence-corrected chi connectivity index (χ3v) is 8.57. The van der Waals surface area contributed by atoms with Crippen LogP contribution < -0.4 is 10.6 Å². The number of carbonyl (C=O) groups is 1. The van der Waals surface area contributed by atoms with Gasteiger partial charge in [0.05, 0.1) is 29.4 Å². The molecule has 1 aromatic carbocycles. The summed E-state index contributed by atoms with van der Waals surface area (Å²) >= 11 is 0. The molecule has 0 bridgehead atoms. The second-order valence-corrected chi connectivity index (χ2v) is 11.7. The molecule has 1 aliphatic heterocycles. The Morgan fingerprint density at radius 2 is 2.02 bits per heavy atom. The second-order valence-electron chi connectivity index (χ2n) is 11.7. The van der Waals surface area contributed by atoms with E-state index in [1.807, 2.05) is 11.8 Å². The smallest absolute Gasteiger partial charge is 0.379 e. The molecule has 242 valence electrons. The van der Waals surface area contributed by atoms with Gasteiger partial charge in [-0.05, 0) is 43.7 Å². The van der Waals surface area contributed by atoms with Crippen molar-refractivity contribution in [3.05, 3.63) is 54.2 Å². The number of alkyl halides is 6. The molecule has 6 rings (SSSR count). The summed E-state index contributed by atoms with van der Waals surface area (Å²) in [6.45, 7) is 2.15. The predicted octanol–water partition coefficient (Wildman–Crippen LogP) is 6.19. The summed E-state index contributed by atoms with van der Waals surface area (Å²) in [7, 11) is 0. The fourth-order valence-electron chi connectivity index (χ4n) is 6.21. The summed E-state index contributed by atoms with van der Waals surface area (Å²) in [5.74, 6) is -3.38. The molecule has 2 fully saturated rings. The van der Waals surface area contributed by atoms with Crippen molar-refractivity contribution >= 4 is 22.5 Å². The van der Waals surface area contributed by atoms with Crippen LogP contribution in [-0.4, -0.2) is 74.0 Å². The lowest BCUT2D eigenvalue weighted by molar-refractivity contribution is -0.139. The molecule has 1 aliphatic carbocycles. The quantitative estimate of drug-likeness (QED) is 0.213. The number of rotatable bonds is 9. The minimum absolute atomic E-state index is 0.0425. The van der Waals surface area contributed by atoms with Crippen LogP contribution in [0, 0.1) is 0 Å². The highest BCUT2D eigenvalue weighted by Crippen LogP contribution is 2.41. The highest BCUT2D eigenvalue weighted by Gasteiger charge is 2.40. The van der Waals surface area contributed by atoms with Crippen LogP contribution in [-0.2, 0) is 13.1 Å². The molecule has 0 spiro atoms. The second kappa shape index (κ2) is 12.1. The Morgan fingerprint density at radius 1 is 1.20 bits per heavy atom. The molecule has 0 radical (unpaired) electrons. The first-order valence-corrected chi connectivity index (χ1v) is 14.9. The Hall–Kier alpha value is -4.01. The van der Waals surface area contributed by atoms with Crippen LogP contribution in [0.3, 0.4) is 0 Å². The van der Waals surface area contributed by atoms with Gasteiger partial charge < -0.3 is 29.2 Å². The third-order valence-electron chi connectivity index (χ3n) is 8.57. The zero-order valence-electron chi connectivity index (χ0n) is 24.5. The van der Waals surface area contributed by atoms with E-state index in [2.05, 4.69) is 20.8 Å². The number of anilines is 1. The van der Waals surface area contributed by atoms with Crippen molar-refractivity contribution in [2.45, 2.75) is 76.1 Å². The van der Waals surface area contributed by atoms with Gasteiger partial charge in [-0.15, -0.1) is 0 Å². The van der Waals surface area contributed by atoms with Gasteiger partial charge in [0, 0.05) is 55.4 Å². The van der Waals surface area contributed by atoms with Gasteiger partial charge in [0.25, 0.3) is 5.91 Å². The van der Waals surface area contributed by atoms with Crippen molar-refractivity contribution in [3.63, 3.8) is 0 Å². The number of halogens is 6. The molecule has 1 unspecified atom stereocenters. The molecule has 9 nitrogen and oxygen atoms in total. The normalized spacial score (nSPS) is 22.2. The van der Waals surface area contributed by atoms with Gasteiger partial charge in [0.15, 0.2) is 0 Å². The molecule has 1 saturated heterocycles. The van der Waals surface area contributed by atoms with Gasteiger partial charge in [-0.1, -0.05) is 18.1 Å². The number of amides is 1. The summed E-state index contributed by atoms with van der Waals surface area (Å²) in [4.78, 5) is 19.0. The monoisotopic (exact) mass is 637 g/mol. The lowest BCUT2D eigenvalue weighted by Gasteiger charge is -2.35. The zero-order valence-corrected chi connectivity index (χ0v) is 24.5. The molecule has 1 saturated carbocycles. The van der Waals surface area contributed by atoms with Crippen LogP contribution >= 0.6 is 0 Å². The molecular weight excluding hydrogens is 604 g/mol. The molecule has 3 atom stereocenters. The molecule has 2 N–H and O–H groups in total. The number of hydrogen-bond acceptors (Lipinski definition) is 6. The van der Waals surface area contributed by atoms with E-state index < -0.39 is 42.8 Å². The van der Waals surface area contributed by atoms with Crippen LogP contribution in [0.15, 0.2) is 47.2 Å². The first-order valence-electron chi connectivity index (χ1n) is 14.9. The Balaban J connectivity index is 1.20. The van der Waals surface area contributed by atoms with Crippen molar-refractivity contribution in [1.29, 1.82) is 0 Å². The Labute approximate surface area is 254 Å². The molecule has 1 amide bonds. The number of hydrogen-bond donors (Lipinski definition) is 2. The minimum Gasteiger partial charge on any atom is -0.379 e. The maximum absolute atomic E-state index is 14.9. The average molecular weight is 638 g/mol. The summed E-state index contributed by atoms with van der Waals surface area (Å²) in [5.41, 5.74) is 1.06. The van der Waals surface area contributed by atoms with Crippen LogP contribution in [0.2, 0.25) is 0 Å². The number of nitrogens with zero attached hydrogens (tertiary/aromatic N) is 5. The minimum atomic E-state index is -4.56. The number of nitrogens with one attached hydrogen (secondary N) is 2. The summed E-state index contributed by atoms with van der Waals surface area (Å²) in [6.07, 6.45) is -2.26. The van der Waals surface area contributed by atoms with Gasteiger partial charge in [-0.3, -0.25) is 4.79 Å². The standard InChI is InChI=1S/C30H33F6N7O2/c1-2-41-10-8-23(21(31)16-41)38-22-4-3-5-24-20(22)12-25(43(24)17-30(34,35)36)27-39-26(45-40-27)14-37-28(44)18-7-11-42(15-18)19-6-9-29(32,33)13-19/h3-5,7,11-12,15,19,21,23,38H,2,6,8-10,13-14,16-17H2,1H3,(H,37,44)/t19?,21-,23+/m0/s1. The fraction of sp³-hybridized carbons (Fsp3) is 0.500. The van der Waals surface area contributed by atoms with Gasteiger partial charge in [-0.25, -0.2) is 13.2 Å². The lowest BCUT2D eigenvalue weighted by atomic mass is 10.0. The average Bonchev–Trinajstić information content (AvgIpc) is 3.78.